The summed E-state index contributed by atoms with van der Waals surface area (Å²) in [5.74, 6) is 4.17. The van der Waals surface area contributed by atoms with E-state index in [0.717, 1.165) is 67.4 Å². The highest BCUT2D eigenvalue weighted by Crippen LogP contribution is 2.19. The largest absolute Gasteiger partial charge is 0.264 e. The van der Waals surface area contributed by atoms with E-state index in [1.165, 1.54) is 50.2 Å². The molecule has 0 radical (unpaired) electrons. The van der Waals surface area contributed by atoms with Gasteiger partial charge in [0.05, 0.1) is 11.4 Å². The van der Waals surface area contributed by atoms with Crippen LogP contribution in [0.1, 0.15) is 167 Å². The van der Waals surface area contributed by atoms with Gasteiger partial charge in [-0.25, -0.2) is 0 Å². The fourth-order valence-corrected chi connectivity index (χ4v) is 5.51. The lowest BCUT2D eigenvalue weighted by atomic mass is 10.1. The average molecular weight is 891 g/mol. The molecule has 4 aromatic heterocycles. The molecule has 0 unspecified atom stereocenters. The molecule has 4 nitrogen and oxygen atoms in total. The predicted octanol–water partition coefficient (Wildman–Crippen LogP) is 17.8. The van der Waals surface area contributed by atoms with E-state index in [0.29, 0.717) is 0 Å². The average Bonchev–Trinajstić information content (AvgIpc) is 4.11. The Labute approximate surface area is 405 Å². The van der Waals surface area contributed by atoms with Gasteiger partial charge < -0.3 is 0 Å². The van der Waals surface area contributed by atoms with Crippen molar-refractivity contribution in [2.75, 3.05) is 0 Å². The Balaban J connectivity index is 0.000000727. The van der Waals surface area contributed by atoms with Crippen molar-refractivity contribution in [3.05, 3.63) is 184 Å². The summed E-state index contributed by atoms with van der Waals surface area (Å²) >= 11 is 0. The first-order valence-corrected chi connectivity index (χ1v) is 24.1. The molecule has 0 amide bonds. The number of rotatable bonds is 0. The number of pyridine rings is 4. The molecule has 5 aliphatic carbocycles. The second-order valence-electron chi connectivity index (χ2n) is 19.6. The standard InChI is InChI=1S/C9H8.4C8H7N.5C4H10.CH4/c1-2-5-9-7-3-6-8(9)4-1;2*1-3-7-4-2-6-9-8(7)5-1;2*1-2-7-4-5-9-6-8(7)3-1;5*1-4(2)3;/h1-6H,7H2;1-2,4-6H,3H2;1-4,6H,5H2;1,3-6H,2H2;1-2,4-6H,3H2;5*4H,1-3H3;1H4. The van der Waals surface area contributed by atoms with Crippen LogP contribution in [0.3, 0.4) is 0 Å². The highest BCUT2D eigenvalue weighted by Gasteiger charge is 2.04. The quantitative estimate of drug-likeness (QED) is 0.155. The number of nitrogens with zero attached hydrogens (tertiary/aromatic N) is 4. The summed E-state index contributed by atoms with van der Waals surface area (Å²) in [5, 5.41) is 0. The van der Waals surface area contributed by atoms with E-state index in [4.69, 9.17) is 0 Å². The third-order valence-corrected chi connectivity index (χ3v) is 7.92. The van der Waals surface area contributed by atoms with Gasteiger partial charge >= 0.3 is 0 Å². The molecule has 4 heterocycles. The van der Waals surface area contributed by atoms with Gasteiger partial charge in [-0.15, -0.1) is 0 Å². The lowest BCUT2D eigenvalue weighted by Gasteiger charge is -1.93. The second-order valence-corrected chi connectivity index (χ2v) is 19.6. The van der Waals surface area contributed by atoms with Crippen molar-refractivity contribution < 1.29 is 0 Å². The van der Waals surface area contributed by atoms with Crippen LogP contribution in [0.5, 0.6) is 0 Å². The molecule has 1 aromatic carbocycles. The Morgan fingerprint density at radius 2 is 0.727 bits per heavy atom. The molecule has 10 rings (SSSR count). The van der Waals surface area contributed by atoms with E-state index in [1.54, 1.807) is 0 Å². The zero-order valence-electron chi connectivity index (χ0n) is 43.2. The van der Waals surface area contributed by atoms with Crippen LogP contribution in [-0.4, -0.2) is 19.9 Å². The minimum atomic E-state index is 0. The Kier molecular flexibility index (Phi) is 33.7. The summed E-state index contributed by atoms with van der Waals surface area (Å²) in [6.07, 6.45) is 37.9. The summed E-state index contributed by atoms with van der Waals surface area (Å²) in [6, 6.07) is 20.7. The summed E-state index contributed by atoms with van der Waals surface area (Å²) in [6.45, 7) is 32.5. The van der Waals surface area contributed by atoms with Crippen LogP contribution in [-0.2, 0) is 32.1 Å². The fraction of sp³-hybridized carbons (Fsp3) is 0.419. The maximum Gasteiger partial charge on any atom is 0.0661 e. The Morgan fingerprint density at radius 3 is 1.27 bits per heavy atom. The minimum absolute atomic E-state index is 0. The molecule has 4 heteroatoms. The van der Waals surface area contributed by atoms with Crippen molar-refractivity contribution in [2.24, 2.45) is 29.6 Å². The molecule has 5 aliphatic rings. The van der Waals surface area contributed by atoms with E-state index >= 15 is 0 Å². The third-order valence-electron chi connectivity index (χ3n) is 7.92. The van der Waals surface area contributed by atoms with Crippen molar-refractivity contribution in [3.63, 3.8) is 0 Å². The van der Waals surface area contributed by atoms with Crippen LogP contribution in [0.2, 0.25) is 0 Å². The lowest BCUT2D eigenvalue weighted by molar-refractivity contribution is 0.736. The molecule has 0 fully saturated rings. The number of allylic oxidation sites excluding steroid dienone is 5. The zero-order valence-corrected chi connectivity index (χ0v) is 43.2. The van der Waals surface area contributed by atoms with Crippen LogP contribution in [0.15, 0.2) is 128 Å². The van der Waals surface area contributed by atoms with Gasteiger partial charge in [-0.05, 0) is 130 Å². The molecule has 0 spiro atoms. The molecule has 0 saturated heterocycles. The van der Waals surface area contributed by atoms with Crippen molar-refractivity contribution in [1.29, 1.82) is 0 Å². The number of hydrogen-bond acceptors (Lipinski definition) is 4. The van der Waals surface area contributed by atoms with Crippen LogP contribution >= 0.6 is 0 Å². The van der Waals surface area contributed by atoms with E-state index in [9.17, 15) is 0 Å². The van der Waals surface area contributed by atoms with Gasteiger partial charge in [-0.2, -0.15) is 0 Å². The van der Waals surface area contributed by atoms with Gasteiger partial charge in [0.15, 0.2) is 0 Å². The van der Waals surface area contributed by atoms with Crippen LogP contribution in [0.25, 0.3) is 30.4 Å². The van der Waals surface area contributed by atoms with E-state index in [-0.39, 0.29) is 7.43 Å². The van der Waals surface area contributed by atoms with E-state index in [2.05, 4.69) is 227 Å². The van der Waals surface area contributed by atoms with Crippen molar-refractivity contribution in [1.82, 2.24) is 19.9 Å². The van der Waals surface area contributed by atoms with Gasteiger partial charge in [0.25, 0.3) is 0 Å². The number of aromatic nitrogens is 4. The molecule has 5 aromatic rings. The normalized spacial score (nSPS) is 12.1. The molecule has 0 saturated carbocycles. The smallest absolute Gasteiger partial charge is 0.0661 e. The molecule has 358 valence electrons. The first-order chi connectivity index (χ1) is 31.0. The Bertz CT molecular complexity index is 1770. The molecular formula is C62H90N4. The van der Waals surface area contributed by atoms with Crippen LogP contribution < -0.4 is 0 Å². The number of hydrogen-bond donors (Lipinski definition) is 0. The minimum Gasteiger partial charge on any atom is -0.264 e. The Hall–Kier alpha value is -5.48. The monoisotopic (exact) mass is 891 g/mol. The first-order valence-electron chi connectivity index (χ1n) is 24.1. The SMILES string of the molecule is C.C1=Cc2ccccc2C1.C1=Cc2cccnc2C1.C1=Cc2ccncc2C1.C1=Cc2cnccc2C1.C1=Cc2ncccc2C1.CC(C)C.CC(C)C.CC(C)C.CC(C)C.CC(C)C. The molecule has 0 atom stereocenters. The molecule has 0 aliphatic heterocycles. The maximum atomic E-state index is 4.20. The maximum absolute atomic E-state index is 4.20. The topological polar surface area (TPSA) is 51.6 Å². The second kappa shape index (κ2) is 36.7. The summed E-state index contributed by atoms with van der Waals surface area (Å²) in [5.41, 5.74) is 13.1. The van der Waals surface area contributed by atoms with Gasteiger partial charge in [0.2, 0.25) is 0 Å². The van der Waals surface area contributed by atoms with E-state index < -0.39 is 0 Å². The third kappa shape index (κ3) is 30.6. The van der Waals surface area contributed by atoms with Gasteiger partial charge in [0.1, 0.15) is 0 Å². The molecular weight excluding hydrogens is 801 g/mol. The highest BCUT2D eigenvalue weighted by molar-refractivity contribution is 5.60. The van der Waals surface area contributed by atoms with Gasteiger partial charge in [-0.1, -0.05) is 202 Å². The van der Waals surface area contributed by atoms with Crippen molar-refractivity contribution in [2.45, 2.75) is 143 Å². The van der Waals surface area contributed by atoms with Crippen molar-refractivity contribution >= 4 is 30.4 Å². The van der Waals surface area contributed by atoms with Gasteiger partial charge in [0, 0.05) is 43.6 Å². The van der Waals surface area contributed by atoms with Gasteiger partial charge in [-0.3, -0.25) is 19.9 Å². The van der Waals surface area contributed by atoms with Crippen molar-refractivity contribution in [3.8, 4) is 0 Å². The highest BCUT2D eigenvalue weighted by atomic mass is 14.7. The predicted molar refractivity (Wildman–Crippen MR) is 296 cm³/mol. The summed E-state index contributed by atoms with van der Waals surface area (Å²) in [4.78, 5) is 16.4. The number of fused-ring (bicyclic) bond motifs is 5. The summed E-state index contributed by atoms with van der Waals surface area (Å²) in [7, 11) is 0. The molecule has 0 N–H and O–H groups in total. The van der Waals surface area contributed by atoms with Crippen LogP contribution in [0.4, 0.5) is 0 Å². The zero-order chi connectivity index (χ0) is 48.4. The van der Waals surface area contributed by atoms with Crippen LogP contribution in [0, 0.1) is 29.6 Å². The molecule has 0 bridgehead atoms. The Morgan fingerprint density at radius 1 is 0.333 bits per heavy atom. The van der Waals surface area contributed by atoms with E-state index in [1.807, 2.05) is 55.4 Å². The first kappa shape index (κ1) is 60.5. The number of benzene rings is 1. The lowest BCUT2D eigenvalue weighted by Crippen LogP contribution is -1.83. The molecule has 66 heavy (non-hydrogen) atoms. The summed E-state index contributed by atoms with van der Waals surface area (Å²) < 4.78 is 0. The fourth-order valence-electron chi connectivity index (χ4n) is 5.51.